The van der Waals surface area contributed by atoms with Crippen molar-refractivity contribution in [3.8, 4) is 0 Å². The Balaban J connectivity index is 2.67. The molecular formula is C9H12ClN3O2. The van der Waals surface area contributed by atoms with Gasteiger partial charge in [0.1, 0.15) is 10.8 Å². The molecule has 0 saturated heterocycles. The second kappa shape index (κ2) is 5.63. The van der Waals surface area contributed by atoms with Crippen LogP contribution in [0.2, 0.25) is 5.15 Å². The molecule has 0 atom stereocenters. The van der Waals surface area contributed by atoms with E-state index < -0.39 is 0 Å². The van der Waals surface area contributed by atoms with Crippen molar-refractivity contribution >= 4 is 17.5 Å². The van der Waals surface area contributed by atoms with Crippen LogP contribution in [-0.4, -0.2) is 48.1 Å². The Kier molecular flexibility index (Phi) is 4.45. The van der Waals surface area contributed by atoms with Gasteiger partial charge in [-0.15, -0.1) is 0 Å². The van der Waals surface area contributed by atoms with Gasteiger partial charge in [-0.1, -0.05) is 11.6 Å². The Morgan fingerprint density at radius 2 is 2.33 bits per heavy atom. The van der Waals surface area contributed by atoms with Crippen molar-refractivity contribution < 1.29 is 9.53 Å². The van der Waals surface area contributed by atoms with Crippen molar-refractivity contribution in [3.05, 3.63) is 23.2 Å². The number of aromatic nitrogens is 2. The van der Waals surface area contributed by atoms with E-state index in [2.05, 4.69) is 9.97 Å². The number of hydrogen-bond acceptors (Lipinski definition) is 4. The van der Waals surface area contributed by atoms with E-state index in [9.17, 15) is 4.79 Å². The van der Waals surface area contributed by atoms with Gasteiger partial charge in [-0.3, -0.25) is 9.78 Å². The number of rotatable bonds is 4. The van der Waals surface area contributed by atoms with Gasteiger partial charge >= 0.3 is 0 Å². The van der Waals surface area contributed by atoms with Gasteiger partial charge in [0, 0.05) is 20.7 Å². The summed E-state index contributed by atoms with van der Waals surface area (Å²) >= 11 is 5.63. The highest BCUT2D eigenvalue weighted by Crippen LogP contribution is 2.04. The molecule has 1 aromatic rings. The van der Waals surface area contributed by atoms with Gasteiger partial charge in [0.2, 0.25) is 0 Å². The monoisotopic (exact) mass is 229 g/mol. The summed E-state index contributed by atoms with van der Waals surface area (Å²) in [5.74, 6) is -0.220. The van der Waals surface area contributed by atoms with Crippen molar-refractivity contribution in [1.82, 2.24) is 14.9 Å². The molecule has 0 fully saturated rings. The van der Waals surface area contributed by atoms with Gasteiger partial charge in [-0.25, -0.2) is 4.98 Å². The third kappa shape index (κ3) is 3.45. The van der Waals surface area contributed by atoms with Crippen molar-refractivity contribution in [3.63, 3.8) is 0 Å². The lowest BCUT2D eigenvalue weighted by molar-refractivity contribution is 0.0738. The summed E-state index contributed by atoms with van der Waals surface area (Å²) in [4.78, 5) is 20.9. The van der Waals surface area contributed by atoms with Gasteiger partial charge in [-0.05, 0) is 0 Å². The fourth-order valence-electron chi connectivity index (χ4n) is 0.971. The summed E-state index contributed by atoms with van der Waals surface area (Å²) < 4.78 is 4.87. The minimum absolute atomic E-state index is 0.209. The first kappa shape index (κ1) is 11.9. The first-order valence-corrected chi connectivity index (χ1v) is 4.75. The van der Waals surface area contributed by atoms with Gasteiger partial charge < -0.3 is 9.64 Å². The molecule has 0 aromatic carbocycles. The molecule has 6 heteroatoms. The Hall–Kier alpha value is -1.20. The number of amides is 1. The van der Waals surface area contributed by atoms with Crippen molar-refractivity contribution in [2.75, 3.05) is 27.3 Å². The zero-order valence-corrected chi connectivity index (χ0v) is 9.36. The molecule has 5 nitrogen and oxygen atoms in total. The van der Waals surface area contributed by atoms with Crippen LogP contribution in [0.1, 0.15) is 10.5 Å². The smallest absolute Gasteiger partial charge is 0.273 e. The lowest BCUT2D eigenvalue weighted by atomic mass is 10.4. The van der Waals surface area contributed by atoms with Crippen LogP contribution in [0.5, 0.6) is 0 Å². The van der Waals surface area contributed by atoms with Crippen molar-refractivity contribution in [1.29, 1.82) is 0 Å². The molecule has 0 N–H and O–H groups in total. The molecular weight excluding hydrogens is 218 g/mol. The number of carbonyl (C=O) groups is 1. The first-order chi connectivity index (χ1) is 7.15. The zero-order chi connectivity index (χ0) is 11.3. The van der Waals surface area contributed by atoms with Crippen LogP contribution < -0.4 is 0 Å². The van der Waals surface area contributed by atoms with E-state index in [-0.39, 0.29) is 16.8 Å². The van der Waals surface area contributed by atoms with E-state index in [0.717, 1.165) is 0 Å². The molecule has 0 spiro atoms. The highest BCUT2D eigenvalue weighted by Gasteiger charge is 2.13. The lowest BCUT2D eigenvalue weighted by Gasteiger charge is -2.15. The number of halogens is 1. The van der Waals surface area contributed by atoms with Crippen LogP contribution in [0.4, 0.5) is 0 Å². The Bertz CT molecular complexity index is 346. The highest BCUT2D eigenvalue weighted by atomic mass is 35.5. The largest absolute Gasteiger partial charge is 0.383 e. The molecule has 1 amide bonds. The molecule has 15 heavy (non-hydrogen) atoms. The van der Waals surface area contributed by atoms with Crippen molar-refractivity contribution in [2.45, 2.75) is 0 Å². The second-order valence-corrected chi connectivity index (χ2v) is 3.33. The van der Waals surface area contributed by atoms with E-state index in [4.69, 9.17) is 16.3 Å². The lowest BCUT2D eigenvalue weighted by Crippen LogP contribution is -2.30. The summed E-state index contributed by atoms with van der Waals surface area (Å²) in [5.41, 5.74) is 0.237. The number of ether oxygens (including phenoxy) is 1. The topological polar surface area (TPSA) is 55.3 Å². The van der Waals surface area contributed by atoms with E-state index in [1.54, 1.807) is 14.2 Å². The molecule has 1 aromatic heterocycles. The number of hydrogen-bond donors (Lipinski definition) is 0. The molecule has 0 radical (unpaired) electrons. The zero-order valence-electron chi connectivity index (χ0n) is 8.61. The summed E-state index contributed by atoms with van der Waals surface area (Å²) in [5, 5.41) is 0.209. The van der Waals surface area contributed by atoms with Crippen LogP contribution >= 0.6 is 11.6 Å². The van der Waals surface area contributed by atoms with Crippen molar-refractivity contribution in [2.24, 2.45) is 0 Å². The van der Waals surface area contributed by atoms with Gasteiger partial charge in [0.15, 0.2) is 0 Å². The molecule has 1 rings (SSSR count). The third-order valence-corrected chi connectivity index (χ3v) is 1.98. The summed E-state index contributed by atoms with van der Waals surface area (Å²) in [6.07, 6.45) is 2.77. The molecule has 0 aliphatic carbocycles. The predicted molar refractivity (Wildman–Crippen MR) is 55.9 cm³/mol. The quantitative estimate of drug-likeness (QED) is 0.768. The Morgan fingerprint density at radius 3 is 2.93 bits per heavy atom. The minimum Gasteiger partial charge on any atom is -0.383 e. The normalized spacial score (nSPS) is 10.1. The van der Waals surface area contributed by atoms with Crippen LogP contribution in [0.3, 0.4) is 0 Å². The van der Waals surface area contributed by atoms with Crippen LogP contribution in [0.15, 0.2) is 12.4 Å². The standard InChI is InChI=1S/C9H12ClN3O2/c1-13(3-4-15-2)9(14)7-5-11-6-8(10)12-7/h5-6H,3-4H2,1-2H3. The summed E-state index contributed by atoms with van der Waals surface area (Å²) in [6.45, 7) is 0.986. The van der Waals surface area contributed by atoms with Gasteiger partial charge in [0.05, 0.1) is 19.0 Å². The van der Waals surface area contributed by atoms with Gasteiger partial charge in [-0.2, -0.15) is 0 Å². The third-order valence-electron chi connectivity index (χ3n) is 1.80. The molecule has 0 unspecified atom stereocenters. The van der Waals surface area contributed by atoms with Crippen LogP contribution in [-0.2, 0) is 4.74 Å². The van der Waals surface area contributed by atoms with Crippen LogP contribution in [0, 0.1) is 0 Å². The van der Waals surface area contributed by atoms with E-state index in [0.29, 0.717) is 13.2 Å². The number of nitrogens with zero attached hydrogens (tertiary/aromatic N) is 3. The average Bonchev–Trinajstić information content (AvgIpc) is 2.24. The molecule has 82 valence electrons. The van der Waals surface area contributed by atoms with E-state index >= 15 is 0 Å². The maximum absolute atomic E-state index is 11.7. The van der Waals surface area contributed by atoms with E-state index in [1.165, 1.54) is 17.3 Å². The fraction of sp³-hybridized carbons (Fsp3) is 0.444. The second-order valence-electron chi connectivity index (χ2n) is 2.95. The summed E-state index contributed by atoms with van der Waals surface area (Å²) in [6, 6.07) is 0. The van der Waals surface area contributed by atoms with Gasteiger partial charge in [0.25, 0.3) is 5.91 Å². The average molecular weight is 230 g/mol. The molecule has 0 bridgehead atoms. The molecule has 0 aliphatic heterocycles. The molecule has 0 saturated carbocycles. The Labute approximate surface area is 93.0 Å². The van der Waals surface area contributed by atoms with Crippen LogP contribution in [0.25, 0.3) is 0 Å². The fourth-order valence-corrected chi connectivity index (χ4v) is 1.12. The SMILES string of the molecule is COCCN(C)C(=O)c1cncc(Cl)n1. The minimum atomic E-state index is -0.220. The summed E-state index contributed by atoms with van der Waals surface area (Å²) in [7, 11) is 3.25. The maximum Gasteiger partial charge on any atom is 0.273 e. The number of likely N-dealkylation sites (N-methyl/N-ethyl adjacent to an activating group) is 1. The first-order valence-electron chi connectivity index (χ1n) is 4.37. The molecule has 1 heterocycles. The highest BCUT2D eigenvalue weighted by molar-refractivity contribution is 6.29. The number of carbonyl (C=O) groups excluding carboxylic acids is 1. The van der Waals surface area contributed by atoms with E-state index in [1.807, 2.05) is 0 Å². The predicted octanol–water partition coefficient (Wildman–Crippen LogP) is 0.848. The maximum atomic E-state index is 11.7. The number of methoxy groups -OCH3 is 1. The molecule has 0 aliphatic rings. The Morgan fingerprint density at radius 1 is 1.60 bits per heavy atom.